The van der Waals surface area contributed by atoms with Crippen LogP contribution in [0.4, 0.5) is 17.9 Å². The molecule has 0 saturated heterocycles. The smallest absolute Gasteiger partial charge is 0.391 e. The van der Waals surface area contributed by atoms with Gasteiger partial charge in [-0.05, 0) is 37.5 Å². The quantitative estimate of drug-likeness (QED) is 0.399. The van der Waals surface area contributed by atoms with Crippen LogP contribution in [-0.4, -0.2) is 26.0 Å². The van der Waals surface area contributed by atoms with E-state index in [1.165, 1.54) is 6.26 Å². The summed E-state index contributed by atoms with van der Waals surface area (Å²) >= 11 is 0. The Morgan fingerprint density at radius 1 is 1.05 bits per heavy atom. The molecule has 0 aromatic heterocycles. The zero-order valence-electron chi connectivity index (χ0n) is 11.0. The third kappa shape index (κ3) is 8.86. The standard InChI is InChI=1S/C13H21F3O2.FH/c1-2-17-9-11-3-5-12(6-4-11)10-18-8-7-13(14,15)16;/h2,11-12H,1,3-10H2;1H. The minimum atomic E-state index is -4.11. The molecule has 1 aliphatic carbocycles. The molecular weight excluding hydrogens is 264 g/mol. The molecular formula is C13H22F4O2. The van der Waals surface area contributed by atoms with Crippen molar-refractivity contribution in [3.63, 3.8) is 0 Å². The van der Waals surface area contributed by atoms with Crippen LogP contribution >= 0.6 is 0 Å². The van der Waals surface area contributed by atoms with Crippen molar-refractivity contribution in [2.45, 2.75) is 38.3 Å². The second-order valence-electron chi connectivity index (χ2n) is 4.83. The predicted molar refractivity (Wildman–Crippen MR) is 65.6 cm³/mol. The van der Waals surface area contributed by atoms with Crippen LogP contribution in [-0.2, 0) is 9.47 Å². The third-order valence-corrected chi connectivity index (χ3v) is 3.30. The minimum Gasteiger partial charge on any atom is -0.502 e. The lowest BCUT2D eigenvalue weighted by molar-refractivity contribution is -0.146. The molecule has 6 heteroatoms. The average molecular weight is 286 g/mol. The number of ether oxygens (including phenoxy) is 2. The van der Waals surface area contributed by atoms with Gasteiger partial charge in [-0.15, -0.1) is 0 Å². The average Bonchev–Trinajstić information content (AvgIpc) is 2.32. The summed E-state index contributed by atoms with van der Waals surface area (Å²) in [4.78, 5) is 0. The first kappa shape index (κ1) is 18.2. The van der Waals surface area contributed by atoms with E-state index in [0.717, 1.165) is 25.7 Å². The van der Waals surface area contributed by atoms with Crippen molar-refractivity contribution in [2.75, 3.05) is 19.8 Å². The number of hydrogen-bond acceptors (Lipinski definition) is 2. The molecule has 1 aliphatic rings. The summed E-state index contributed by atoms with van der Waals surface area (Å²) in [5.74, 6) is 0.952. The van der Waals surface area contributed by atoms with Gasteiger partial charge in [0.15, 0.2) is 0 Å². The van der Waals surface area contributed by atoms with Gasteiger partial charge in [0.2, 0.25) is 0 Å². The van der Waals surface area contributed by atoms with Crippen molar-refractivity contribution < 1.29 is 27.3 Å². The van der Waals surface area contributed by atoms with E-state index in [9.17, 15) is 13.2 Å². The van der Waals surface area contributed by atoms with Gasteiger partial charge >= 0.3 is 6.18 Å². The summed E-state index contributed by atoms with van der Waals surface area (Å²) in [5.41, 5.74) is 0. The van der Waals surface area contributed by atoms with Crippen molar-refractivity contribution in [3.05, 3.63) is 12.8 Å². The van der Waals surface area contributed by atoms with Gasteiger partial charge in [0.25, 0.3) is 0 Å². The Hall–Kier alpha value is -0.780. The Labute approximate surface area is 111 Å². The molecule has 1 fully saturated rings. The highest BCUT2D eigenvalue weighted by Crippen LogP contribution is 2.29. The second-order valence-corrected chi connectivity index (χ2v) is 4.83. The normalized spacial score (nSPS) is 23.5. The fraction of sp³-hybridized carbons (Fsp3) is 0.846. The molecule has 19 heavy (non-hydrogen) atoms. The maximum atomic E-state index is 11.9. The number of hydrogen-bond donors (Lipinski definition) is 0. The van der Waals surface area contributed by atoms with E-state index in [2.05, 4.69) is 6.58 Å². The summed E-state index contributed by atoms with van der Waals surface area (Å²) in [6.45, 7) is 4.43. The van der Waals surface area contributed by atoms with Crippen molar-refractivity contribution in [1.29, 1.82) is 0 Å². The summed E-state index contributed by atoms with van der Waals surface area (Å²) < 4.78 is 45.9. The Bertz CT molecular complexity index is 235. The third-order valence-electron chi connectivity index (χ3n) is 3.30. The molecule has 0 heterocycles. The van der Waals surface area contributed by atoms with Crippen LogP contribution in [0.5, 0.6) is 0 Å². The van der Waals surface area contributed by atoms with Gasteiger partial charge in [-0.1, -0.05) is 6.58 Å². The lowest BCUT2D eigenvalue weighted by Gasteiger charge is -2.27. The van der Waals surface area contributed by atoms with Crippen LogP contribution in [0.1, 0.15) is 32.1 Å². The summed E-state index contributed by atoms with van der Waals surface area (Å²) in [7, 11) is 0. The summed E-state index contributed by atoms with van der Waals surface area (Å²) in [5, 5.41) is 0. The second kappa shape index (κ2) is 9.18. The van der Waals surface area contributed by atoms with E-state index in [-0.39, 0.29) is 11.3 Å². The van der Waals surface area contributed by atoms with E-state index in [1.807, 2.05) is 0 Å². The largest absolute Gasteiger partial charge is 0.502 e. The van der Waals surface area contributed by atoms with Crippen molar-refractivity contribution in [1.82, 2.24) is 0 Å². The molecule has 0 aliphatic heterocycles. The Kier molecular flexibility index (Phi) is 8.80. The highest BCUT2D eigenvalue weighted by molar-refractivity contribution is 4.72. The van der Waals surface area contributed by atoms with Crippen molar-refractivity contribution in [2.24, 2.45) is 11.8 Å². The SMILES string of the molecule is C=COCC1CCC(COCCC(F)(F)F)CC1.F. The molecule has 0 amide bonds. The Morgan fingerprint density at radius 2 is 1.58 bits per heavy atom. The van der Waals surface area contributed by atoms with Crippen LogP contribution in [0.25, 0.3) is 0 Å². The fourth-order valence-corrected chi connectivity index (χ4v) is 2.21. The maximum absolute atomic E-state index is 11.9. The van der Waals surface area contributed by atoms with E-state index in [0.29, 0.717) is 25.0 Å². The summed E-state index contributed by atoms with van der Waals surface area (Å²) in [6.07, 6.45) is 0.623. The van der Waals surface area contributed by atoms with Crippen LogP contribution in [0.3, 0.4) is 0 Å². The zero-order valence-corrected chi connectivity index (χ0v) is 11.0. The van der Waals surface area contributed by atoms with E-state index in [4.69, 9.17) is 9.47 Å². The van der Waals surface area contributed by atoms with E-state index < -0.39 is 12.6 Å². The predicted octanol–water partition coefficient (Wildman–Crippen LogP) is 4.07. The molecule has 0 radical (unpaired) electrons. The lowest BCUT2D eigenvalue weighted by atomic mass is 9.83. The highest BCUT2D eigenvalue weighted by atomic mass is 19.4. The molecule has 0 atom stereocenters. The number of rotatable bonds is 7. The first-order chi connectivity index (χ1) is 8.51. The molecule has 0 aromatic rings. The number of alkyl halides is 3. The fourth-order valence-electron chi connectivity index (χ4n) is 2.21. The van der Waals surface area contributed by atoms with E-state index >= 15 is 0 Å². The Morgan fingerprint density at radius 3 is 2.05 bits per heavy atom. The van der Waals surface area contributed by atoms with Gasteiger partial charge in [-0.2, -0.15) is 13.2 Å². The Balaban J connectivity index is 0.00000324. The molecule has 1 saturated carbocycles. The topological polar surface area (TPSA) is 18.5 Å². The minimum absolute atomic E-state index is 0. The van der Waals surface area contributed by atoms with Gasteiger partial charge in [0.1, 0.15) is 0 Å². The molecule has 0 spiro atoms. The van der Waals surface area contributed by atoms with Gasteiger partial charge in [-0.3, -0.25) is 4.70 Å². The van der Waals surface area contributed by atoms with Crippen LogP contribution in [0, 0.1) is 11.8 Å². The monoisotopic (exact) mass is 286 g/mol. The molecule has 114 valence electrons. The van der Waals surface area contributed by atoms with E-state index in [1.54, 1.807) is 0 Å². The lowest BCUT2D eigenvalue weighted by Crippen LogP contribution is -2.22. The molecule has 0 aromatic carbocycles. The van der Waals surface area contributed by atoms with Crippen LogP contribution in [0.15, 0.2) is 12.8 Å². The molecule has 0 N–H and O–H groups in total. The molecule has 1 rings (SSSR count). The van der Waals surface area contributed by atoms with Gasteiger partial charge in [0, 0.05) is 6.61 Å². The van der Waals surface area contributed by atoms with Crippen LogP contribution in [0.2, 0.25) is 0 Å². The summed E-state index contributed by atoms with van der Waals surface area (Å²) in [6, 6.07) is 0. The van der Waals surface area contributed by atoms with Gasteiger partial charge in [0.05, 0.1) is 25.9 Å². The molecule has 2 nitrogen and oxygen atoms in total. The molecule has 0 bridgehead atoms. The van der Waals surface area contributed by atoms with Gasteiger partial charge < -0.3 is 9.47 Å². The van der Waals surface area contributed by atoms with Gasteiger partial charge in [-0.25, -0.2) is 0 Å². The zero-order chi connectivity index (χ0) is 13.4. The number of halogens is 4. The van der Waals surface area contributed by atoms with Crippen molar-refractivity contribution in [3.8, 4) is 0 Å². The van der Waals surface area contributed by atoms with Crippen LogP contribution < -0.4 is 0 Å². The maximum Gasteiger partial charge on any atom is 0.391 e. The first-order valence-electron chi connectivity index (χ1n) is 6.38. The highest BCUT2D eigenvalue weighted by Gasteiger charge is 2.27. The molecule has 0 unspecified atom stereocenters. The van der Waals surface area contributed by atoms with Crippen molar-refractivity contribution >= 4 is 0 Å². The first-order valence-corrected chi connectivity index (χ1v) is 6.38.